The van der Waals surface area contributed by atoms with E-state index in [1.807, 2.05) is 31.5 Å². The van der Waals surface area contributed by atoms with Gasteiger partial charge in [0, 0.05) is 39.3 Å². The summed E-state index contributed by atoms with van der Waals surface area (Å²) in [4.78, 5) is 39.3. The number of hydrogen-bond donors (Lipinski definition) is 0. The number of carbonyl (C=O) groups is 2. The molecule has 2 aromatic heterocycles. The number of hydrogen-bond acceptors (Lipinski definition) is 7. The van der Waals surface area contributed by atoms with Gasteiger partial charge in [0.25, 0.3) is 5.91 Å². The molecule has 0 aliphatic carbocycles. The molecule has 0 radical (unpaired) electrons. The van der Waals surface area contributed by atoms with E-state index in [2.05, 4.69) is 20.0 Å². The molecule has 4 rings (SSSR count). The lowest BCUT2D eigenvalue weighted by Gasteiger charge is -2.33. The van der Waals surface area contributed by atoms with Gasteiger partial charge in [-0.1, -0.05) is 0 Å². The minimum absolute atomic E-state index is 0.119. The van der Waals surface area contributed by atoms with Crippen LogP contribution in [-0.4, -0.2) is 74.3 Å². The molecule has 178 valence electrons. The van der Waals surface area contributed by atoms with Crippen LogP contribution in [0.5, 0.6) is 0 Å². The fourth-order valence-corrected chi connectivity index (χ4v) is 4.28. The zero-order valence-electron chi connectivity index (χ0n) is 19.8. The quantitative estimate of drug-likeness (QED) is 0.616. The number of nitrogens with zero attached hydrogens (tertiary/aromatic N) is 7. The van der Waals surface area contributed by atoms with E-state index in [0.717, 1.165) is 42.3 Å². The number of aryl methyl sites for hydroxylation is 1. The lowest BCUT2D eigenvalue weighted by molar-refractivity contribution is 0.0220. The Kier molecular flexibility index (Phi) is 6.22. The van der Waals surface area contributed by atoms with Crippen LogP contribution < -0.4 is 4.90 Å². The van der Waals surface area contributed by atoms with Crippen molar-refractivity contribution in [1.29, 1.82) is 0 Å². The van der Waals surface area contributed by atoms with Gasteiger partial charge in [-0.25, -0.2) is 14.8 Å². The molecule has 11 heteroatoms. The first-order valence-corrected chi connectivity index (χ1v) is 11.5. The van der Waals surface area contributed by atoms with Crippen LogP contribution in [0, 0.1) is 0 Å². The summed E-state index contributed by atoms with van der Waals surface area (Å²) < 4.78 is 7.42. The normalized spacial score (nSPS) is 16.1. The Morgan fingerprint density at radius 2 is 1.88 bits per heavy atom. The number of aromatic nitrogens is 4. The molecule has 0 spiro atoms. The van der Waals surface area contributed by atoms with E-state index in [1.54, 1.807) is 19.0 Å². The number of ether oxygens (including phenoxy) is 1. The lowest BCUT2D eigenvalue weighted by Crippen LogP contribution is -2.41. The van der Waals surface area contributed by atoms with Crippen molar-refractivity contribution in [3.8, 4) is 0 Å². The van der Waals surface area contributed by atoms with Crippen molar-refractivity contribution >= 4 is 29.4 Å². The fourth-order valence-electron chi connectivity index (χ4n) is 4.10. The van der Waals surface area contributed by atoms with E-state index in [9.17, 15) is 9.59 Å². The van der Waals surface area contributed by atoms with Crippen molar-refractivity contribution in [2.24, 2.45) is 0 Å². The Morgan fingerprint density at radius 1 is 1.12 bits per heavy atom. The van der Waals surface area contributed by atoms with Gasteiger partial charge < -0.3 is 19.4 Å². The molecule has 0 saturated carbocycles. The predicted octanol–water partition coefficient (Wildman–Crippen LogP) is 2.73. The SMILES string of the molecule is CN(C)C(=O)c1cc2n(n1)CCCN(c1nc(Cl)nc3c1CCN(C(=O)OC(C)(C)C)C3)C2. The molecule has 10 nitrogen and oxygen atoms in total. The van der Waals surface area contributed by atoms with E-state index in [4.69, 9.17) is 16.3 Å². The maximum Gasteiger partial charge on any atom is 0.410 e. The highest BCUT2D eigenvalue weighted by molar-refractivity contribution is 6.28. The van der Waals surface area contributed by atoms with Crippen LogP contribution in [0.4, 0.5) is 10.6 Å². The van der Waals surface area contributed by atoms with Gasteiger partial charge in [-0.3, -0.25) is 9.48 Å². The summed E-state index contributed by atoms with van der Waals surface area (Å²) in [6, 6.07) is 1.85. The molecule has 33 heavy (non-hydrogen) atoms. The molecule has 2 aliphatic heterocycles. The molecule has 2 aliphatic rings. The van der Waals surface area contributed by atoms with Crippen LogP contribution in [0.1, 0.15) is 54.6 Å². The van der Waals surface area contributed by atoms with E-state index in [0.29, 0.717) is 31.7 Å². The molecule has 0 aromatic carbocycles. The van der Waals surface area contributed by atoms with Gasteiger partial charge in [-0.2, -0.15) is 5.10 Å². The van der Waals surface area contributed by atoms with Gasteiger partial charge in [-0.15, -0.1) is 0 Å². The largest absolute Gasteiger partial charge is 0.444 e. The average Bonchev–Trinajstić information content (AvgIpc) is 3.02. The molecular weight excluding hydrogens is 446 g/mol. The smallest absolute Gasteiger partial charge is 0.410 e. The van der Waals surface area contributed by atoms with Crippen LogP contribution in [0.15, 0.2) is 6.07 Å². The molecule has 2 aromatic rings. The monoisotopic (exact) mass is 475 g/mol. The van der Waals surface area contributed by atoms with Crippen LogP contribution >= 0.6 is 11.6 Å². The molecule has 0 unspecified atom stereocenters. The first kappa shape index (κ1) is 23.3. The molecule has 0 saturated heterocycles. The molecule has 0 fully saturated rings. The van der Waals surface area contributed by atoms with Gasteiger partial charge >= 0.3 is 6.09 Å². The number of rotatable bonds is 2. The molecule has 0 bridgehead atoms. The van der Waals surface area contributed by atoms with Crippen molar-refractivity contribution in [3.05, 3.63) is 34.0 Å². The summed E-state index contributed by atoms with van der Waals surface area (Å²) in [7, 11) is 3.43. The number of fused-ring (bicyclic) bond motifs is 2. The third-order valence-electron chi connectivity index (χ3n) is 5.61. The third-order valence-corrected chi connectivity index (χ3v) is 5.78. The second kappa shape index (κ2) is 8.81. The molecule has 0 N–H and O–H groups in total. The number of carbonyl (C=O) groups excluding carboxylic acids is 2. The van der Waals surface area contributed by atoms with Crippen LogP contribution in [-0.2, 0) is 30.8 Å². The molecule has 0 atom stereocenters. The third kappa shape index (κ3) is 5.05. The lowest BCUT2D eigenvalue weighted by atomic mass is 10.1. The highest BCUT2D eigenvalue weighted by Crippen LogP contribution is 2.30. The van der Waals surface area contributed by atoms with Crippen molar-refractivity contribution < 1.29 is 14.3 Å². The van der Waals surface area contributed by atoms with Crippen molar-refractivity contribution in [2.45, 2.75) is 58.8 Å². The number of amides is 2. The topological polar surface area (TPSA) is 96.7 Å². The number of halogens is 1. The van der Waals surface area contributed by atoms with Gasteiger partial charge in [0.15, 0.2) is 5.69 Å². The van der Waals surface area contributed by atoms with E-state index < -0.39 is 5.60 Å². The first-order chi connectivity index (χ1) is 15.5. The van der Waals surface area contributed by atoms with Gasteiger partial charge in [-0.05, 0) is 51.3 Å². The second-order valence-electron chi connectivity index (χ2n) is 9.61. The Morgan fingerprint density at radius 3 is 2.58 bits per heavy atom. The fraction of sp³-hybridized carbons (Fsp3) is 0.591. The Labute approximate surface area is 198 Å². The highest BCUT2D eigenvalue weighted by atomic mass is 35.5. The summed E-state index contributed by atoms with van der Waals surface area (Å²) in [6.07, 6.45) is 1.10. The van der Waals surface area contributed by atoms with Crippen molar-refractivity contribution in [2.75, 3.05) is 32.1 Å². The average molecular weight is 476 g/mol. The molecule has 2 amide bonds. The van der Waals surface area contributed by atoms with Gasteiger partial charge in [0.1, 0.15) is 11.4 Å². The summed E-state index contributed by atoms with van der Waals surface area (Å²) in [6.45, 7) is 8.45. The van der Waals surface area contributed by atoms with E-state index >= 15 is 0 Å². The van der Waals surface area contributed by atoms with Crippen molar-refractivity contribution in [1.82, 2.24) is 29.5 Å². The Hall–Kier alpha value is -2.88. The Bertz CT molecular complexity index is 1080. The van der Waals surface area contributed by atoms with Crippen molar-refractivity contribution in [3.63, 3.8) is 0 Å². The Balaban J connectivity index is 1.59. The summed E-state index contributed by atoms with van der Waals surface area (Å²) >= 11 is 6.31. The first-order valence-electron chi connectivity index (χ1n) is 11.1. The van der Waals surface area contributed by atoms with Crippen LogP contribution in [0.2, 0.25) is 5.28 Å². The summed E-state index contributed by atoms with van der Waals surface area (Å²) in [5.74, 6) is 0.663. The summed E-state index contributed by atoms with van der Waals surface area (Å²) in [5.41, 5.74) is 2.56. The minimum Gasteiger partial charge on any atom is -0.444 e. The predicted molar refractivity (Wildman–Crippen MR) is 123 cm³/mol. The van der Waals surface area contributed by atoms with Crippen LogP contribution in [0.3, 0.4) is 0 Å². The molecule has 4 heterocycles. The zero-order valence-corrected chi connectivity index (χ0v) is 20.5. The second-order valence-corrected chi connectivity index (χ2v) is 9.95. The number of anilines is 1. The van der Waals surface area contributed by atoms with Gasteiger partial charge in [0.2, 0.25) is 5.28 Å². The standard InChI is InChI=1S/C22H30ClN7O3/c1-22(2,3)33-21(32)29-10-7-15-17(13-29)24-20(23)25-18(15)28-8-6-9-30-14(12-28)11-16(26-30)19(31)27(4)5/h11H,6-10,12-13H2,1-5H3. The molecular formula is C22H30ClN7O3. The van der Waals surface area contributed by atoms with Gasteiger partial charge in [0.05, 0.1) is 24.5 Å². The maximum atomic E-state index is 12.6. The minimum atomic E-state index is -0.562. The van der Waals surface area contributed by atoms with Crippen LogP contribution in [0.25, 0.3) is 0 Å². The zero-order chi connectivity index (χ0) is 23.9. The van der Waals surface area contributed by atoms with E-state index in [-0.39, 0.29) is 17.3 Å². The van der Waals surface area contributed by atoms with E-state index in [1.165, 1.54) is 4.90 Å². The maximum absolute atomic E-state index is 12.6. The highest BCUT2D eigenvalue weighted by Gasteiger charge is 2.31. The summed E-state index contributed by atoms with van der Waals surface area (Å²) in [5, 5.41) is 4.65.